The van der Waals surface area contributed by atoms with Crippen molar-refractivity contribution < 1.29 is 4.74 Å². The van der Waals surface area contributed by atoms with E-state index in [0.29, 0.717) is 12.0 Å². The molecule has 3 heteroatoms. The van der Waals surface area contributed by atoms with Gasteiger partial charge in [0, 0.05) is 11.3 Å². The van der Waals surface area contributed by atoms with Gasteiger partial charge in [0.2, 0.25) is 0 Å². The van der Waals surface area contributed by atoms with E-state index in [1.54, 1.807) is 0 Å². The number of nitrogens with one attached hydrogen (secondary N) is 1. The first kappa shape index (κ1) is 10.8. The van der Waals surface area contributed by atoms with Crippen molar-refractivity contribution in [2.45, 2.75) is 26.9 Å². The molecule has 1 heterocycles. The molecule has 0 saturated carbocycles. The van der Waals surface area contributed by atoms with Crippen molar-refractivity contribution in [1.29, 1.82) is 0 Å². The van der Waals surface area contributed by atoms with Crippen LogP contribution in [0.3, 0.4) is 0 Å². The molecule has 2 unspecified atom stereocenters. The summed E-state index contributed by atoms with van der Waals surface area (Å²) in [4.78, 5) is 0. The third-order valence-electron chi connectivity index (χ3n) is 2.63. The SMILES string of the molecule is [B]NCC1COC1C(C)(C)C=CC. The minimum atomic E-state index is 0.120. The summed E-state index contributed by atoms with van der Waals surface area (Å²) in [5.74, 6) is 0.552. The predicted octanol–water partition coefficient (Wildman–Crippen LogP) is 1.28. The molecule has 1 aliphatic heterocycles. The molecule has 0 spiro atoms. The quantitative estimate of drug-likeness (QED) is 0.518. The molecule has 13 heavy (non-hydrogen) atoms. The van der Waals surface area contributed by atoms with Crippen LogP contribution >= 0.6 is 0 Å². The highest BCUT2D eigenvalue weighted by atomic mass is 16.5. The highest BCUT2D eigenvalue weighted by molar-refractivity contribution is 6.04. The van der Waals surface area contributed by atoms with Gasteiger partial charge in [0.1, 0.15) is 0 Å². The Morgan fingerprint density at radius 1 is 1.62 bits per heavy atom. The number of rotatable bonds is 4. The van der Waals surface area contributed by atoms with Crippen molar-refractivity contribution in [3.8, 4) is 0 Å². The standard InChI is InChI=1S/C10H18BNO/c1-4-5-10(2,3)9-8(6-12-11)7-13-9/h4-5,8-9,12H,6-7H2,1-3H3. The number of allylic oxidation sites excluding steroid dienone is 1. The maximum Gasteiger partial charge on any atom is 0.177 e. The molecule has 2 nitrogen and oxygen atoms in total. The summed E-state index contributed by atoms with van der Waals surface area (Å²) < 4.78 is 5.57. The van der Waals surface area contributed by atoms with Crippen molar-refractivity contribution in [3.63, 3.8) is 0 Å². The van der Waals surface area contributed by atoms with Crippen LogP contribution in [0.25, 0.3) is 0 Å². The van der Waals surface area contributed by atoms with Gasteiger partial charge in [0.05, 0.1) is 12.7 Å². The van der Waals surface area contributed by atoms with Crippen LogP contribution in [0.4, 0.5) is 0 Å². The molecule has 0 aliphatic carbocycles. The summed E-state index contributed by atoms with van der Waals surface area (Å²) in [6.07, 6.45) is 4.58. The maximum atomic E-state index is 5.57. The van der Waals surface area contributed by atoms with E-state index in [0.717, 1.165) is 13.2 Å². The summed E-state index contributed by atoms with van der Waals surface area (Å²) >= 11 is 0. The van der Waals surface area contributed by atoms with Gasteiger partial charge in [-0.15, -0.1) is 0 Å². The average Bonchev–Trinajstić information content (AvgIpc) is 1.96. The number of hydrogen-bond donors (Lipinski definition) is 1. The summed E-state index contributed by atoms with van der Waals surface area (Å²) in [6.45, 7) is 8.10. The third-order valence-corrected chi connectivity index (χ3v) is 2.63. The van der Waals surface area contributed by atoms with Gasteiger partial charge >= 0.3 is 0 Å². The molecule has 2 atom stereocenters. The van der Waals surface area contributed by atoms with Gasteiger partial charge in [-0.05, 0) is 13.5 Å². The maximum absolute atomic E-state index is 5.57. The minimum absolute atomic E-state index is 0.120. The molecule has 1 fully saturated rings. The number of ether oxygens (including phenoxy) is 1. The van der Waals surface area contributed by atoms with Gasteiger partial charge < -0.3 is 9.96 Å². The Bertz CT molecular complexity index is 191. The lowest BCUT2D eigenvalue weighted by atomic mass is 9.76. The molecule has 2 radical (unpaired) electrons. The molecule has 1 rings (SSSR count). The smallest absolute Gasteiger partial charge is 0.177 e. The van der Waals surface area contributed by atoms with Crippen LogP contribution in [-0.2, 0) is 4.74 Å². The van der Waals surface area contributed by atoms with E-state index in [2.05, 4.69) is 31.2 Å². The second-order valence-corrected chi connectivity index (χ2v) is 4.24. The Hall–Kier alpha value is -0.275. The fraction of sp³-hybridized carbons (Fsp3) is 0.800. The Morgan fingerprint density at radius 3 is 2.69 bits per heavy atom. The van der Waals surface area contributed by atoms with Crippen LogP contribution in [0, 0.1) is 11.3 Å². The molecule has 1 aliphatic rings. The van der Waals surface area contributed by atoms with E-state index in [1.165, 1.54) is 0 Å². The van der Waals surface area contributed by atoms with Crippen molar-refractivity contribution >= 4 is 7.98 Å². The molecule has 1 saturated heterocycles. The van der Waals surface area contributed by atoms with Gasteiger partial charge in [0.15, 0.2) is 7.98 Å². The van der Waals surface area contributed by atoms with Crippen molar-refractivity contribution in [1.82, 2.24) is 5.23 Å². The fourth-order valence-electron chi connectivity index (χ4n) is 1.99. The summed E-state index contributed by atoms with van der Waals surface area (Å²) in [5.41, 5.74) is 0.120. The fourth-order valence-corrected chi connectivity index (χ4v) is 1.99. The normalized spacial score (nSPS) is 29.2. The zero-order valence-corrected chi connectivity index (χ0v) is 8.71. The van der Waals surface area contributed by atoms with E-state index in [-0.39, 0.29) is 5.41 Å². The number of hydrogen-bond acceptors (Lipinski definition) is 2. The van der Waals surface area contributed by atoms with Gasteiger partial charge in [0.25, 0.3) is 0 Å². The molecule has 0 bridgehead atoms. The first-order valence-electron chi connectivity index (χ1n) is 4.80. The van der Waals surface area contributed by atoms with Gasteiger partial charge in [-0.1, -0.05) is 26.0 Å². The first-order valence-corrected chi connectivity index (χ1v) is 4.80. The topological polar surface area (TPSA) is 21.3 Å². The minimum Gasteiger partial charge on any atom is -0.376 e. The van der Waals surface area contributed by atoms with E-state index in [1.807, 2.05) is 6.92 Å². The summed E-state index contributed by atoms with van der Waals surface area (Å²) in [7, 11) is 5.29. The Labute approximate surface area is 82.2 Å². The molecule has 72 valence electrons. The zero-order valence-electron chi connectivity index (χ0n) is 8.71. The average molecular weight is 179 g/mol. The van der Waals surface area contributed by atoms with Gasteiger partial charge in [-0.25, -0.2) is 0 Å². The highest BCUT2D eigenvalue weighted by Crippen LogP contribution is 2.36. The van der Waals surface area contributed by atoms with E-state index < -0.39 is 0 Å². The summed E-state index contributed by atoms with van der Waals surface area (Å²) in [5, 5.41) is 2.71. The molecule has 0 amide bonds. The lowest BCUT2D eigenvalue weighted by molar-refractivity contribution is -0.154. The molecular weight excluding hydrogens is 161 g/mol. The van der Waals surface area contributed by atoms with Crippen LogP contribution in [0.1, 0.15) is 20.8 Å². The van der Waals surface area contributed by atoms with Gasteiger partial charge in [-0.2, -0.15) is 0 Å². The monoisotopic (exact) mass is 179 g/mol. The van der Waals surface area contributed by atoms with Crippen LogP contribution < -0.4 is 5.23 Å². The third kappa shape index (κ3) is 2.35. The lowest BCUT2D eigenvalue weighted by Gasteiger charge is -2.45. The summed E-state index contributed by atoms with van der Waals surface area (Å²) in [6, 6.07) is 0. The van der Waals surface area contributed by atoms with Crippen LogP contribution in [0.5, 0.6) is 0 Å². The second-order valence-electron chi connectivity index (χ2n) is 4.24. The predicted molar refractivity (Wildman–Crippen MR) is 55.6 cm³/mol. The van der Waals surface area contributed by atoms with E-state index in [9.17, 15) is 0 Å². The second kappa shape index (κ2) is 4.29. The van der Waals surface area contributed by atoms with E-state index >= 15 is 0 Å². The van der Waals surface area contributed by atoms with Crippen LogP contribution in [0.15, 0.2) is 12.2 Å². The van der Waals surface area contributed by atoms with Gasteiger partial charge in [-0.3, -0.25) is 0 Å². The highest BCUT2D eigenvalue weighted by Gasteiger charge is 2.41. The Kier molecular flexibility index (Phi) is 3.57. The lowest BCUT2D eigenvalue weighted by Crippen LogP contribution is -2.52. The zero-order chi connectivity index (χ0) is 9.90. The van der Waals surface area contributed by atoms with Crippen molar-refractivity contribution in [2.24, 2.45) is 11.3 Å². The van der Waals surface area contributed by atoms with Crippen LogP contribution in [0.2, 0.25) is 0 Å². The molecule has 0 aromatic rings. The van der Waals surface area contributed by atoms with Crippen molar-refractivity contribution in [2.75, 3.05) is 13.2 Å². The molecule has 0 aromatic heterocycles. The van der Waals surface area contributed by atoms with Crippen molar-refractivity contribution in [3.05, 3.63) is 12.2 Å². The molecule has 0 aromatic carbocycles. The van der Waals surface area contributed by atoms with Crippen LogP contribution in [-0.4, -0.2) is 27.2 Å². The Morgan fingerprint density at radius 2 is 2.31 bits per heavy atom. The van der Waals surface area contributed by atoms with E-state index in [4.69, 9.17) is 12.7 Å². The first-order chi connectivity index (χ1) is 6.11. The molecule has 1 N–H and O–H groups in total. The Balaban J connectivity index is 2.51. The molecular formula is C10H18BNO. The largest absolute Gasteiger partial charge is 0.376 e.